The molecule has 0 aliphatic carbocycles. The highest BCUT2D eigenvalue weighted by atomic mass is 32.1. The number of thiophene rings is 1. The van der Waals surface area contributed by atoms with Crippen molar-refractivity contribution < 1.29 is 24.2 Å². The van der Waals surface area contributed by atoms with E-state index >= 15 is 0 Å². The van der Waals surface area contributed by atoms with Gasteiger partial charge in [0.05, 0.1) is 28.9 Å². The van der Waals surface area contributed by atoms with Crippen molar-refractivity contribution >= 4 is 29.2 Å². The Bertz CT molecular complexity index is 773. The topological polar surface area (TPSA) is 75.7 Å². The monoisotopic (exact) mass is 345 g/mol. The van der Waals surface area contributed by atoms with Crippen molar-refractivity contribution in [3.8, 4) is 11.5 Å². The number of carboxylic acid groups (broad SMARTS) is 1. The molecular formula is C18H17O5S-. The summed E-state index contributed by atoms with van der Waals surface area (Å²) in [6.07, 6.45) is 2.96. The molecule has 24 heavy (non-hydrogen) atoms. The van der Waals surface area contributed by atoms with Crippen molar-refractivity contribution in [3.63, 3.8) is 0 Å². The van der Waals surface area contributed by atoms with Gasteiger partial charge in [-0.15, -0.1) is 11.3 Å². The lowest BCUT2D eigenvalue weighted by molar-refractivity contribution is -0.254. The van der Waals surface area contributed by atoms with E-state index in [1.165, 1.54) is 18.2 Å². The molecule has 2 rings (SSSR count). The third-order valence-corrected chi connectivity index (χ3v) is 4.13. The van der Waals surface area contributed by atoms with Gasteiger partial charge in [-0.3, -0.25) is 4.79 Å². The summed E-state index contributed by atoms with van der Waals surface area (Å²) in [6.45, 7) is 3.80. The van der Waals surface area contributed by atoms with Crippen LogP contribution in [0, 0.1) is 0 Å². The average Bonchev–Trinajstić information content (AvgIpc) is 3.03. The Kier molecular flexibility index (Phi) is 5.76. The Morgan fingerprint density at radius 1 is 1.17 bits per heavy atom. The molecule has 6 heteroatoms. The first-order valence-corrected chi connectivity index (χ1v) is 8.11. The molecule has 0 bridgehead atoms. The second kappa shape index (κ2) is 7.79. The van der Waals surface area contributed by atoms with Gasteiger partial charge in [-0.2, -0.15) is 0 Å². The van der Waals surface area contributed by atoms with Crippen molar-refractivity contribution in [1.29, 1.82) is 0 Å². The number of carbonyl (C=O) groups is 2. The second-order valence-corrected chi connectivity index (χ2v) is 6.28. The molecular weight excluding hydrogens is 328 g/mol. The van der Waals surface area contributed by atoms with Crippen molar-refractivity contribution in [3.05, 3.63) is 51.7 Å². The average molecular weight is 345 g/mol. The molecule has 0 radical (unpaired) electrons. The van der Waals surface area contributed by atoms with Crippen molar-refractivity contribution in [2.45, 2.75) is 20.0 Å². The lowest BCUT2D eigenvalue weighted by Crippen LogP contribution is -2.20. The lowest BCUT2D eigenvalue weighted by Gasteiger charge is -2.15. The maximum atomic E-state index is 12.2. The zero-order valence-corrected chi connectivity index (χ0v) is 14.4. The van der Waals surface area contributed by atoms with Crippen LogP contribution in [0.4, 0.5) is 0 Å². The van der Waals surface area contributed by atoms with Crippen molar-refractivity contribution in [2.75, 3.05) is 7.11 Å². The molecule has 0 atom stereocenters. The lowest BCUT2D eigenvalue weighted by atomic mass is 10.1. The Morgan fingerprint density at radius 3 is 2.46 bits per heavy atom. The van der Waals surface area contributed by atoms with E-state index in [0.717, 1.165) is 11.3 Å². The van der Waals surface area contributed by atoms with Gasteiger partial charge in [0.1, 0.15) is 0 Å². The van der Waals surface area contributed by atoms with E-state index in [1.807, 2.05) is 19.9 Å². The number of benzene rings is 1. The first kappa shape index (κ1) is 17.7. The smallest absolute Gasteiger partial charge is 0.195 e. The van der Waals surface area contributed by atoms with Crippen LogP contribution in [0.1, 0.15) is 38.8 Å². The molecule has 0 aliphatic rings. The number of ether oxygens (including phenoxy) is 2. The Balaban J connectivity index is 2.27. The van der Waals surface area contributed by atoms with Crippen LogP contribution in [0.2, 0.25) is 0 Å². The number of para-hydroxylation sites is 1. The van der Waals surface area contributed by atoms with Crippen molar-refractivity contribution in [2.24, 2.45) is 0 Å². The molecule has 0 unspecified atom stereocenters. The number of carboxylic acids is 1. The molecule has 0 amide bonds. The molecule has 126 valence electrons. The SMILES string of the molecule is COc1cccc(/C=C/C(=O)c2ccc(C(=O)[O-])s2)c1OC(C)C. The van der Waals surface area contributed by atoms with Gasteiger partial charge in [-0.05, 0) is 44.2 Å². The summed E-state index contributed by atoms with van der Waals surface area (Å²) in [5, 5.41) is 10.8. The summed E-state index contributed by atoms with van der Waals surface area (Å²) in [5.74, 6) is -0.441. The first-order valence-electron chi connectivity index (χ1n) is 7.29. The minimum atomic E-state index is -1.29. The molecule has 1 heterocycles. The Morgan fingerprint density at radius 2 is 1.88 bits per heavy atom. The van der Waals surface area contributed by atoms with Gasteiger partial charge in [0.15, 0.2) is 17.3 Å². The normalized spacial score (nSPS) is 11.0. The van der Waals surface area contributed by atoms with E-state index in [-0.39, 0.29) is 16.8 Å². The van der Waals surface area contributed by atoms with Gasteiger partial charge in [0.25, 0.3) is 0 Å². The first-order chi connectivity index (χ1) is 11.4. The van der Waals surface area contributed by atoms with Crippen LogP contribution < -0.4 is 14.6 Å². The zero-order valence-electron chi connectivity index (χ0n) is 13.6. The maximum absolute atomic E-state index is 12.2. The van der Waals surface area contributed by atoms with E-state index < -0.39 is 5.97 Å². The summed E-state index contributed by atoms with van der Waals surface area (Å²) in [7, 11) is 1.55. The van der Waals surface area contributed by atoms with Gasteiger partial charge in [-0.1, -0.05) is 12.1 Å². The number of rotatable bonds is 7. The summed E-state index contributed by atoms with van der Waals surface area (Å²) >= 11 is 0.888. The molecule has 0 aliphatic heterocycles. The maximum Gasteiger partial charge on any atom is 0.195 e. The van der Waals surface area contributed by atoms with E-state index in [0.29, 0.717) is 21.9 Å². The number of carbonyl (C=O) groups excluding carboxylic acids is 2. The quantitative estimate of drug-likeness (QED) is 0.570. The Hall–Kier alpha value is -2.60. The van der Waals surface area contributed by atoms with Crippen LogP contribution in [0.15, 0.2) is 36.4 Å². The zero-order chi connectivity index (χ0) is 17.7. The third-order valence-electron chi connectivity index (χ3n) is 3.05. The standard InChI is InChI=1S/C18H18O5S/c1-11(2)23-17-12(5-4-6-14(17)22-3)7-8-13(19)15-9-10-16(24-15)18(20)21/h4-11H,1-3H3,(H,20,21)/p-1/b8-7+. The molecule has 5 nitrogen and oxygen atoms in total. The highest BCUT2D eigenvalue weighted by Crippen LogP contribution is 2.33. The number of hydrogen-bond donors (Lipinski definition) is 0. The van der Waals surface area contributed by atoms with Crippen LogP contribution >= 0.6 is 11.3 Å². The fourth-order valence-corrected chi connectivity index (χ4v) is 2.78. The number of ketones is 1. The predicted molar refractivity (Wildman–Crippen MR) is 90.8 cm³/mol. The minimum Gasteiger partial charge on any atom is -0.544 e. The Labute approximate surface area is 144 Å². The highest BCUT2D eigenvalue weighted by molar-refractivity contribution is 7.16. The van der Waals surface area contributed by atoms with Gasteiger partial charge in [-0.25, -0.2) is 0 Å². The summed E-state index contributed by atoms with van der Waals surface area (Å²) in [6, 6.07) is 8.22. The molecule has 0 saturated carbocycles. The molecule has 0 fully saturated rings. The van der Waals surface area contributed by atoms with Crippen LogP contribution in [-0.2, 0) is 0 Å². The molecule has 0 N–H and O–H groups in total. The fraction of sp³-hybridized carbons (Fsp3) is 0.222. The number of allylic oxidation sites excluding steroid dienone is 1. The van der Waals surface area contributed by atoms with Gasteiger partial charge >= 0.3 is 0 Å². The van der Waals surface area contributed by atoms with Crippen LogP contribution in [-0.4, -0.2) is 25.0 Å². The fourth-order valence-electron chi connectivity index (χ4n) is 2.01. The third kappa shape index (κ3) is 4.23. The number of methoxy groups -OCH3 is 1. The summed E-state index contributed by atoms with van der Waals surface area (Å²) in [4.78, 5) is 23.3. The summed E-state index contributed by atoms with van der Waals surface area (Å²) < 4.78 is 11.1. The minimum absolute atomic E-state index is 0.0250. The van der Waals surface area contributed by atoms with E-state index in [1.54, 1.807) is 25.3 Å². The van der Waals surface area contributed by atoms with Crippen molar-refractivity contribution in [1.82, 2.24) is 0 Å². The van der Waals surface area contributed by atoms with E-state index in [9.17, 15) is 14.7 Å². The molecule has 1 aromatic heterocycles. The number of hydrogen-bond acceptors (Lipinski definition) is 6. The summed E-state index contributed by atoms with van der Waals surface area (Å²) in [5.41, 5.74) is 0.702. The molecule has 0 saturated heterocycles. The van der Waals surface area contributed by atoms with Crippen LogP contribution in [0.3, 0.4) is 0 Å². The van der Waals surface area contributed by atoms with Gasteiger partial charge < -0.3 is 19.4 Å². The second-order valence-electron chi connectivity index (χ2n) is 5.19. The highest BCUT2D eigenvalue weighted by Gasteiger charge is 2.12. The van der Waals surface area contributed by atoms with Gasteiger partial charge in [0.2, 0.25) is 0 Å². The van der Waals surface area contributed by atoms with E-state index in [2.05, 4.69) is 0 Å². The van der Waals surface area contributed by atoms with Crippen LogP contribution in [0.5, 0.6) is 11.5 Å². The largest absolute Gasteiger partial charge is 0.544 e. The molecule has 2 aromatic rings. The molecule has 0 spiro atoms. The molecule has 1 aromatic carbocycles. The van der Waals surface area contributed by atoms with Gasteiger partial charge in [0, 0.05) is 5.56 Å². The van der Waals surface area contributed by atoms with Crippen LogP contribution in [0.25, 0.3) is 6.08 Å². The van der Waals surface area contributed by atoms with E-state index in [4.69, 9.17) is 9.47 Å². The number of aromatic carboxylic acids is 1. The predicted octanol–water partition coefficient (Wildman–Crippen LogP) is 2.80.